The van der Waals surface area contributed by atoms with Crippen molar-refractivity contribution in [1.29, 1.82) is 0 Å². The molecule has 0 amide bonds. The third-order valence-corrected chi connectivity index (χ3v) is 19.8. The number of nitrogen functional groups attached to an aromatic ring is 2. The molecular formula is C88H63N12O6P. The van der Waals surface area contributed by atoms with E-state index in [4.69, 9.17) is 36.2 Å². The van der Waals surface area contributed by atoms with Gasteiger partial charge in [0.25, 0.3) is 0 Å². The molecule has 14 aromatic carbocycles. The highest BCUT2D eigenvalue weighted by Crippen LogP contribution is 2.40. The summed E-state index contributed by atoms with van der Waals surface area (Å²) in [5.41, 5.74) is 37.4. The predicted octanol–water partition coefficient (Wildman–Crippen LogP) is 18.6. The smallest absolute Gasteiger partial charge is 0.521 e. The van der Waals surface area contributed by atoms with E-state index in [9.17, 15) is 9.59 Å². The lowest BCUT2D eigenvalue weighted by Gasteiger charge is -2.14. The molecule has 6 heterocycles. The van der Waals surface area contributed by atoms with Crippen LogP contribution in [0.5, 0.6) is 0 Å². The molecule has 0 aliphatic carbocycles. The molecule has 516 valence electrons. The molecule has 1 atom stereocenters. The van der Waals surface area contributed by atoms with Crippen molar-refractivity contribution in [1.82, 2.24) is 46.2 Å². The maximum Gasteiger partial charge on any atom is 0.521 e. The van der Waals surface area contributed by atoms with Gasteiger partial charge in [-0.2, -0.15) is 0 Å². The Hall–Kier alpha value is -14.3. The summed E-state index contributed by atoms with van der Waals surface area (Å²) in [6.07, 6.45) is 0. The van der Waals surface area contributed by atoms with Gasteiger partial charge in [-0.25, -0.2) is 24.8 Å². The van der Waals surface area contributed by atoms with Crippen LogP contribution in [0.4, 0.5) is 11.4 Å². The Balaban J connectivity index is 0.000000148. The number of anilines is 2. The second-order valence-corrected chi connectivity index (χ2v) is 26.3. The van der Waals surface area contributed by atoms with Gasteiger partial charge in [-0.15, -0.1) is 0 Å². The van der Waals surface area contributed by atoms with Gasteiger partial charge in [-0.3, -0.25) is 36.2 Å². The predicted molar refractivity (Wildman–Crippen MR) is 428 cm³/mol. The summed E-state index contributed by atoms with van der Waals surface area (Å²) in [6.45, 7) is 0. The van der Waals surface area contributed by atoms with E-state index in [1.54, 1.807) is 30.4 Å². The van der Waals surface area contributed by atoms with Crippen molar-refractivity contribution in [3.63, 3.8) is 0 Å². The monoisotopic (exact) mass is 1410 g/mol. The van der Waals surface area contributed by atoms with E-state index in [2.05, 4.69) is 192 Å². The largest absolute Gasteiger partial charge is 0.565 e. The van der Waals surface area contributed by atoms with E-state index in [0.29, 0.717) is 44.8 Å². The highest BCUT2D eigenvalue weighted by Gasteiger charge is 2.27. The number of nitrogens with zero attached hydrogens (tertiary/aromatic N) is 10. The van der Waals surface area contributed by atoms with Gasteiger partial charge in [-0.05, 0) is 124 Å². The Kier molecular flexibility index (Phi) is 16.3. The molecule has 20 aromatic rings. The zero-order chi connectivity index (χ0) is 72.4. The zero-order valence-electron chi connectivity index (χ0n) is 56.9. The lowest BCUT2D eigenvalue weighted by molar-refractivity contribution is -0.244. The second kappa shape index (κ2) is 26.8. The minimum atomic E-state index is -3.04. The quantitative estimate of drug-likeness (QED) is 0.0481. The van der Waals surface area contributed by atoms with E-state index in [0.717, 1.165) is 112 Å². The first-order chi connectivity index (χ1) is 52.6. The molecule has 1 unspecified atom stereocenters. The van der Waals surface area contributed by atoms with Crippen LogP contribution in [0.2, 0.25) is 0 Å². The van der Waals surface area contributed by atoms with E-state index >= 15 is 0 Å². The van der Waals surface area contributed by atoms with E-state index < -0.39 is 8.25 Å². The first kappa shape index (κ1) is 64.8. The van der Waals surface area contributed by atoms with Crippen LogP contribution in [0.1, 0.15) is 1.43 Å². The summed E-state index contributed by atoms with van der Waals surface area (Å²) >= 11 is 0. The molecule has 6 aromatic heterocycles. The molecule has 0 saturated heterocycles. The standard InChI is InChI=1S/C44H32N6O2.C44H28N6.HO4P.H2/c45-33-27-34(46)42(50-40-26-14-12-24-38(40)48(44(50)52)36-22-10-8-20-32(36)30-17-5-2-6-18-30)28-41(33)49-39-25-13-11-23-37(39)47(43(49)51)35-21-9-7-19-31(35)29-15-3-1-4-16-29;1-3-15-29(16-4-1)31-19-7-9-21-35(31)47-37-23-11-13-25-39(37)49-41-28-42-34(27-33(41)45-43(47)49)46-44-48(38-24-12-14-26-40(38)50(42)44)36-22-10-8-20-32(36)30-17-5-2-6-18-30;1-4-5(2)3;/h1-28H,45-46H2;1-28H;1H;1H. The number of rotatable bonds is 11. The van der Waals surface area contributed by atoms with Gasteiger partial charge in [0.05, 0.1) is 112 Å². The summed E-state index contributed by atoms with van der Waals surface area (Å²) in [5.74, 6) is 1.75. The van der Waals surface area contributed by atoms with Crippen LogP contribution in [-0.4, -0.2) is 51.4 Å². The third-order valence-electron chi connectivity index (χ3n) is 19.7. The van der Waals surface area contributed by atoms with E-state index in [1.807, 2.05) is 158 Å². The van der Waals surface area contributed by atoms with Crippen LogP contribution in [-0.2, 0) is 9.24 Å². The molecular weight excluding hydrogens is 1350 g/mol. The van der Waals surface area contributed by atoms with Gasteiger partial charge in [0.15, 0.2) is 0 Å². The number of hydrogen-bond acceptors (Lipinski definition) is 10. The van der Waals surface area contributed by atoms with Crippen LogP contribution in [0, 0.1) is 0 Å². The Morgan fingerprint density at radius 3 is 0.841 bits per heavy atom. The summed E-state index contributed by atoms with van der Waals surface area (Å²) in [7, 11) is -3.04. The molecule has 18 nitrogen and oxygen atoms in total. The molecule has 0 saturated carbocycles. The first-order valence-corrected chi connectivity index (χ1v) is 35.6. The summed E-state index contributed by atoms with van der Waals surface area (Å²) < 4.78 is 27.5. The Labute approximate surface area is 611 Å². The SMILES string of the molecule is Nc1cc(N)c(-n2c(=O)n(-c3ccccc3-c3ccccc3)c3ccccc32)cc1-n1c(=O)n(-c2ccccc2-c2ccccc2)c2ccccc21.O=[P+]([O-])OO.[HH].c1ccc(-c2ccccc2-n2c3ccccc3n3c4cc5c(cc4nc23)nc2n(-c3ccccc3-c3ccccc3)c3ccccc3n52)cc1. The highest BCUT2D eigenvalue weighted by molar-refractivity contribution is 7.30. The Morgan fingerprint density at radius 1 is 0.299 bits per heavy atom. The molecule has 107 heavy (non-hydrogen) atoms. The molecule has 19 heteroatoms. The van der Waals surface area contributed by atoms with Gasteiger partial charge >= 0.3 is 19.6 Å². The van der Waals surface area contributed by atoms with Crippen LogP contribution in [0.15, 0.2) is 349 Å². The number of benzene rings is 14. The van der Waals surface area contributed by atoms with Gasteiger partial charge < -0.3 is 16.4 Å². The van der Waals surface area contributed by atoms with Crippen molar-refractivity contribution in [3.8, 4) is 78.6 Å². The minimum Gasteiger partial charge on any atom is -0.565 e. The fourth-order valence-electron chi connectivity index (χ4n) is 15.1. The van der Waals surface area contributed by atoms with Crippen LogP contribution in [0.3, 0.4) is 0 Å². The normalized spacial score (nSPS) is 11.7. The summed E-state index contributed by atoms with van der Waals surface area (Å²) in [6, 6.07) is 114. The van der Waals surface area contributed by atoms with Gasteiger partial charge in [0, 0.05) is 28.4 Å². The molecule has 0 radical (unpaired) electrons. The maximum absolute atomic E-state index is 14.8. The number of fused-ring (bicyclic) bond motifs is 12. The van der Waals surface area contributed by atoms with Crippen molar-refractivity contribution >= 4 is 97.4 Å². The number of aromatic nitrogens is 10. The van der Waals surface area contributed by atoms with Crippen LogP contribution >= 0.6 is 8.25 Å². The lowest BCUT2D eigenvalue weighted by atomic mass is 10.0. The van der Waals surface area contributed by atoms with Gasteiger partial charge in [0.2, 0.25) is 11.6 Å². The number of para-hydroxylation sites is 12. The average molecular weight is 1420 g/mol. The molecule has 20 rings (SSSR count). The zero-order valence-corrected chi connectivity index (χ0v) is 57.8. The maximum atomic E-state index is 14.8. The van der Waals surface area contributed by atoms with Crippen molar-refractivity contribution in [2.24, 2.45) is 0 Å². The van der Waals surface area contributed by atoms with Crippen molar-refractivity contribution in [2.75, 3.05) is 11.5 Å². The Bertz CT molecular complexity index is 6600. The molecule has 0 aliphatic rings. The summed E-state index contributed by atoms with van der Waals surface area (Å²) in [5, 5.41) is 7.05. The molecule has 0 fully saturated rings. The molecule has 5 N–H and O–H groups in total. The molecule has 0 spiro atoms. The van der Waals surface area contributed by atoms with Crippen molar-refractivity contribution in [2.45, 2.75) is 0 Å². The number of nitrogens with two attached hydrogens (primary N) is 2. The van der Waals surface area contributed by atoms with Gasteiger partial charge in [0.1, 0.15) is 0 Å². The molecule has 0 bridgehead atoms. The summed E-state index contributed by atoms with van der Waals surface area (Å²) in [4.78, 5) is 49.1. The topological polar surface area (TPSA) is 220 Å². The fourth-order valence-corrected chi connectivity index (χ4v) is 15.1. The lowest BCUT2D eigenvalue weighted by Crippen LogP contribution is -2.25. The number of imidazole rings is 6. The second-order valence-electron chi connectivity index (χ2n) is 25.7. The van der Waals surface area contributed by atoms with Crippen molar-refractivity contribution < 1.29 is 20.8 Å². The van der Waals surface area contributed by atoms with Crippen molar-refractivity contribution in [3.05, 3.63) is 361 Å². The average Bonchev–Trinajstić information content (AvgIpc) is 1.54. The minimum absolute atomic E-state index is 0. The Morgan fingerprint density at radius 2 is 0.542 bits per heavy atom. The van der Waals surface area contributed by atoms with Gasteiger partial charge in [-0.1, -0.05) is 243 Å². The number of hydrogen-bond donors (Lipinski definition) is 3. The van der Waals surface area contributed by atoms with Crippen LogP contribution in [0.25, 0.3) is 156 Å². The fraction of sp³-hybridized carbons (Fsp3) is 0. The molecule has 0 aliphatic heterocycles. The van der Waals surface area contributed by atoms with E-state index in [-0.39, 0.29) is 12.8 Å². The van der Waals surface area contributed by atoms with E-state index in [1.165, 1.54) is 11.1 Å². The third kappa shape index (κ3) is 11.0. The van der Waals surface area contributed by atoms with Crippen LogP contribution < -0.4 is 27.7 Å². The first-order valence-electron chi connectivity index (χ1n) is 34.5. The highest BCUT2D eigenvalue weighted by atomic mass is 31.1.